The van der Waals surface area contributed by atoms with Gasteiger partial charge in [-0.3, -0.25) is 0 Å². The molecule has 0 saturated heterocycles. The van der Waals surface area contributed by atoms with Gasteiger partial charge in [0.15, 0.2) is 0 Å². The lowest BCUT2D eigenvalue weighted by Gasteiger charge is -2.11. The Kier molecular flexibility index (Phi) is 4.02. The third-order valence-corrected chi connectivity index (χ3v) is 3.75. The van der Waals surface area contributed by atoms with E-state index in [1.54, 1.807) is 22.8 Å². The van der Waals surface area contributed by atoms with Crippen molar-refractivity contribution in [3.05, 3.63) is 65.3 Å². The Morgan fingerprint density at radius 1 is 1.14 bits per heavy atom. The summed E-state index contributed by atoms with van der Waals surface area (Å²) >= 11 is 6.04. The molecular weight excluding hydrogens is 302 g/mol. The van der Waals surface area contributed by atoms with Crippen molar-refractivity contribution in [2.24, 2.45) is 0 Å². The van der Waals surface area contributed by atoms with Crippen LogP contribution in [-0.4, -0.2) is 22.2 Å². The van der Waals surface area contributed by atoms with Gasteiger partial charge in [0.2, 0.25) is 0 Å². The van der Waals surface area contributed by atoms with Gasteiger partial charge in [0, 0.05) is 10.9 Å². The Morgan fingerprint density at radius 2 is 1.86 bits per heavy atom. The molecule has 0 aliphatic rings. The lowest BCUT2D eigenvalue weighted by Crippen LogP contribution is -2.13. The van der Waals surface area contributed by atoms with Crippen LogP contribution in [0.3, 0.4) is 0 Å². The quantitative estimate of drug-likeness (QED) is 0.772. The molecule has 0 fully saturated rings. The molecule has 0 saturated carbocycles. The summed E-state index contributed by atoms with van der Waals surface area (Å²) in [5.74, 6) is -0.355. The number of ether oxygens (including phenoxy) is 1. The van der Waals surface area contributed by atoms with E-state index in [9.17, 15) is 9.90 Å². The first-order valence-electron chi connectivity index (χ1n) is 6.86. The fourth-order valence-electron chi connectivity index (χ4n) is 2.44. The van der Waals surface area contributed by atoms with E-state index in [0.717, 1.165) is 10.9 Å². The van der Waals surface area contributed by atoms with Crippen LogP contribution in [-0.2, 0) is 6.54 Å². The molecule has 0 aliphatic heterocycles. The number of benzene rings is 2. The molecule has 0 aliphatic carbocycles. The standard InChI is InChI=1S/C17H14ClNO3/c18-13-6-2-4-8-16(13)22-10-9-19-14-7-3-1-5-12(14)11-15(19)17(20)21/h1-8,11H,9-10H2,(H,20,21). The summed E-state index contributed by atoms with van der Waals surface area (Å²) in [6.45, 7) is 0.767. The van der Waals surface area contributed by atoms with Crippen LogP contribution in [0.15, 0.2) is 54.6 Å². The van der Waals surface area contributed by atoms with Gasteiger partial charge in [0.25, 0.3) is 0 Å². The molecule has 4 nitrogen and oxygen atoms in total. The van der Waals surface area contributed by atoms with Crippen molar-refractivity contribution in [1.82, 2.24) is 4.57 Å². The SMILES string of the molecule is O=C(O)c1cc2ccccc2n1CCOc1ccccc1Cl. The average molecular weight is 316 g/mol. The average Bonchev–Trinajstić information content (AvgIpc) is 2.88. The van der Waals surface area contributed by atoms with Gasteiger partial charge < -0.3 is 14.4 Å². The van der Waals surface area contributed by atoms with E-state index >= 15 is 0 Å². The Hall–Kier alpha value is -2.46. The number of aromatic carboxylic acids is 1. The molecule has 3 rings (SSSR count). The van der Waals surface area contributed by atoms with Crippen molar-refractivity contribution in [2.45, 2.75) is 6.54 Å². The molecule has 1 aromatic heterocycles. The van der Waals surface area contributed by atoms with Crippen molar-refractivity contribution >= 4 is 28.5 Å². The predicted octanol–water partition coefficient (Wildman–Crippen LogP) is 4.07. The van der Waals surface area contributed by atoms with Gasteiger partial charge in [-0.2, -0.15) is 0 Å². The number of aromatic nitrogens is 1. The Balaban J connectivity index is 1.83. The van der Waals surface area contributed by atoms with Crippen LogP contribution in [0.5, 0.6) is 5.75 Å². The van der Waals surface area contributed by atoms with E-state index in [1.807, 2.05) is 36.4 Å². The van der Waals surface area contributed by atoms with Gasteiger partial charge in [-0.15, -0.1) is 0 Å². The molecule has 0 amide bonds. The molecule has 112 valence electrons. The highest BCUT2D eigenvalue weighted by atomic mass is 35.5. The zero-order chi connectivity index (χ0) is 15.5. The normalized spacial score (nSPS) is 10.8. The first-order chi connectivity index (χ1) is 10.7. The molecular formula is C17H14ClNO3. The summed E-state index contributed by atoms with van der Waals surface area (Å²) in [6.07, 6.45) is 0. The Labute approximate surface area is 132 Å². The molecule has 0 spiro atoms. The first-order valence-corrected chi connectivity index (χ1v) is 7.23. The van der Waals surface area contributed by atoms with Gasteiger partial charge in [0.05, 0.1) is 11.6 Å². The summed E-state index contributed by atoms with van der Waals surface area (Å²) in [6, 6.07) is 16.5. The second kappa shape index (κ2) is 6.12. The minimum absolute atomic E-state index is 0.254. The summed E-state index contributed by atoms with van der Waals surface area (Å²) < 4.78 is 7.39. The molecule has 0 radical (unpaired) electrons. The van der Waals surface area contributed by atoms with Crippen LogP contribution >= 0.6 is 11.6 Å². The van der Waals surface area contributed by atoms with E-state index in [-0.39, 0.29) is 5.69 Å². The maximum atomic E-state index is 11.4. The van der Waals surface area contributed by atoms with Crippen molar-refractivity contribution in [3.8, 4) is 5.75 Å². The summed E-state index contributed by atoms with van der Waals surface area (Å²) in [7, 11) is 0. The van der Waals surface area contributed by atoms with Crippen LogP contribution in [0.2, 0.25) is 5.02 Å². The van der Waals surface area contributed by atoms with Gasteiger partial charge in [-0.1, -0.05) is 41.9 Å². The summed E-state index contributed by atoms with van der Waals surface area (Å²) in [4.78, 5) is 11.4. The van der Waals surface area contributed by atoms with E-state index in [2.05, 4.69) is 0 Å². The van der Waals surface area contributed by atoms with E-state index in [0.29, 0.717) is 23.9 Å². The second-order valence-electron chi connectivity index (χ2n) is 4.82. The Bertz CT molecular complexity index is 826. The van der Waals surface area contributed by atoms with Crippen molar-refractivity contribution in [3.63, 3.8) is 0 Å². The van der Waals surface area contributed by atoms with Gasteiger partial charge in [0.1, 0.15) is 18.1 Å². The maximum Gasteiger partial charge on any atom is 0.352 e. The van der Waals surface area contributed by atoms with Gasteiger partial charge >= 0.3 is 5.97 Å². The van der Waals surface area contributed by atoms with Crippen LogP contribution in [0.25, 0.3) is 10.9 Å². The fraction of sp³-hybridized carbons (Fsp3) is 0.118. The molecule has 5 heteroatoms. The van der Waals surface area contributed by atoms with Crippen LogP contribution < -0.4 is 4.74 Å². The monoisotopic (exact) mass is 315 g/mol. The van der Waals surface area contributed by atoms with Crippen molar-refractivity contribution in [2.75, 3.05) is 6.61 Å². The number of carbonyl (C=O) groups is 1. The number of hydrogen-bond donors (Lipinski definition) is 1. The second-order valence-corrected chi connectivity index (χ2v) is 5.23. The zero-order valence-electron chi connectivity index (χ0n) is 11.7. The fourth-order valence-corrected chi connectivity index (χ4v) is 2.63. The summed E-state index contributed by atoms with van der Waals surface area (Å²) in [5.41, 5.74) is 1.13. The third kappa shape index (κ3) is 2.78. The summed E-state index contributed by atoms with van der Waals surface area (Å²) in [5, 5.41) is 10.8. The first kappa shape index (κ1) is 14.5. The minimum atomic E-state index is -0.950. The van der Waals surface area contributed by atoms with E-state index < -0.39 is 5.97 Å². The number of nitrogens with zero attached hydrogens (tertiary/aromatic N) is 1. The minimum Gasteiger partial charge on any atom is -0.490 e. The highest BCUT2D eigenvalue weighted by Crippen LogP contribution is 2.24. The number of halogens is 1. The smallest absolute Gasteiger partial charge is 0.352 e. The topological polar surface area (TPSA) is 51.5 Å². The highest BCUT2D eigenvalue weighted by molar-refractivity contribution is 6.32. The lowest BCUT2D eigenvalue weighted by molar-refractivity contribution is 0.0684. The van der Waals surface area contributed by atoms with Crippen molar-refractivity contribution < 1.29 is 14.6 Å². The lowest BCUT2D eigenvalue weighted by atomic mass is 10.2. The molecule has 3 aromatic rings. The number of fused-ring (bicyclic) bond motifs is 1. The zero-order valence-corrected chi connectivity index (χ0v) is 12.5. The largest absolute Gasteiger partial charge is 0.490 e. The van der Waals surface area contributed by atoms with Crippen LogP contribution in [0, 0.1) is 0 Å². The van der Waals surface area contributed by atoms with E-state index in [1.165, 1.54) is 0 Å². The molecule has 0 bridgehead atoms. The van der Waals surface area contributed by atoms with Gasteiger partial charge in [-0.05, 0) is 24.3 Å². The number of carboxylic acid groups (broad SMARTS) is 1. The molecule has 1 N–H and O–H groups in total. The number of carboxylic acids is 1. The highest BCUT2D eigenvalue weighted by Gasteiger charge is 2.14. The van der Waals surface area contributed by atoms with Crippen molar-refractivity contribution in [1.29, 1.82) is 0 Å². The molecule has 0 unspecified atom stereocenters. The predicted molar refractivity (Wildman–Crippen MR) is 85.8 cm³/mol. The molecule has 1 heterocycles. The molecule has 22 heavy (non-hydrogen) atoms. The van der Waals surface area contributed by atoms with E-state index in [4.69, 9.17) is 16.3 Å². The van der Waals surface area contributed by atoms with Gasteiger partial charge in [-0.25, -0.2) is 4.79 Å². The van der Waals surface area contributed by atoms with Crippen LogP contribution in [0.4, 0.5) is 0 Å². The Morgan fingerprint density at radius 3 is 2.64 bits per heavy atom. The third-order valence-electron chi connectivity index (χ3n) is 3.44. The van der Waals surface area contributed by atoms with Crippen LogP contribution in [0.1, 0.15) is 10.5 Å². The number of rotatable bonds is 5. The molecule has 0 atom stereocenters. The number of para-hydroxylation sites is 2. The maximum absolute atomic E-state index is 11.4. The number of hydrogen-bond acceptors (Lipinski definition) is 2. The molecule has 2 aromatic carbocycles.